The first-order valence-corrected chi connectivity index (χ1v) is 5.70. The Morgan fingerprint density at radius 1 is 1.35 bits per heavy atom. The number of carboxylic acids is 1. The molecule has 0 aliphatic carbocycles. The molecule has 1 amide bonds. The minimum atomic E-state index is -0.870. The highest BCUT2D eigenvalue weighted by molar-refractivity contribution is 5.82. The van der Waals surface area contributed by atoms with Crippen LogP contribution in [0.3, 0.4) is 0 Å². The summed E-state index contributed by atoms with van der Waals surface area (Å²) in [6, 6.07) is 0. The average molecular weight is 243 g/mol. The van der Waals surface area contributed by atoms with Crippen molar-refractivity contribution < 1.29 is 24.2 Å². The summed E-state index contributed by atoms with van der Waals surface area (Å²) < 4.78 is 4.71. The molecule has 0 aromatic rings. The number of amides is 1. The summed E-state index contributed by atoms with van der Waals surface area (Å²) in [7, 11) is 0. The fourth-order valence-corrected chi connectivity index (χ4v) is 1.79. The van der Waals surface area contributed by atoms with Gasteiger partial charge in [0.15, 0.2) is 0 Å². The number of hydrogen-bond acceptors (Lipinski definition) is 4. The number of nitrogens with zero attached hydrogens (tertiary/aromatic N) is 1. The van der Waals surface area contributed by atoms with Crippen LogP contribution in [0, 0.1) is 5.92 Å². The molecule has 0 radical (unpaired) electrons. The van der Waals surface area contributed by atoms with Gasteiger partial charge in [-0.2, -0.15) is 0 Å². The molecule has 0 spiro atoms. The molecular weight excluding hydrogens is 226 g/mol. The fourth-order valence-electron chi connectivity index (χ4n) is 1.79. The molecule has 1 saturated heterocycles. The van der Waals surface area contributed by atoms with Crippen LogP contribution in [-0.4, -0.2) is 47.5 Å². The molecule has 1 aliphatic heterocycles. The molecule has 6 nitrogen and oxygen atoms in total. The van der Waals surface area contributed by atoms with Gasteiger partial charge in [-0.1, -0.05) is 0 Å². The van der Waals surface area contributed by atoms with Crippen molar-refractivity contribution in [3.8, 4) is 0 Å². The van der Waals surface area contributed by atoms with Gasteiger partial charge in [0.1, 0.15) is 0 Å². The topological polar surface area (TPSA) is 83.9 Å². The van der Waals surface area contributed by atoms with Crippen LogP contribution in [0.2, 0.25) is 0 Å². The van der Waals surface area contributed by atoms with E-state index in [1.807, 2.05) is 0 Å². The number of carbonyl (C=O) groups is 3. The highest BCUT2D eigenvalue weighted by Gasteiger charge is 2.30. The van der Waals surface area contributed by atoms with Crippen molar-refractivity contribution >= 4 is 17.8 Å². The van der Waals surface area contributed by atoms with E-state index in [2.05, 4.69) is 0 Å². The van der Waals surface area contributed by atoms with Gasteiger partial charge in [0, 0.05) is 19.5 Å². The number of aliphatic carboxylic acids is 1. The lowest BCUT2D eigenvalue weighted by atomic mass is 10.1. The Kier molecular flexibility index (Phi) is 4.93. The Balaban J connectivity index is 2.30. The maximum Gasteiger partial charge on any atom is 0.308 e. The van der Waals surface area contributed by atoms with Crippen LogP contribution in [0.4, 0.5) is 0 Å². The lowest BCUT2D eigenvalue weighted by molar-refractivity contribution is -0.146. The van der Waals surface area contributed by atoms with Gasteiger partial charge in [-0.05, 0) is 13.3 Å². The summed E-state index contributed by atoms with van der Waals surface area (Å²) in [5.41, 5.74) is 0. The predicted molar refractivity (Wildman–Crippen MR) is 58.2 cm³/mol. The van der Waals surface area contributed by atoms with Crippen molar-refractivity contribution in [2.24, 2.45) is 5.92 Å². The Labute approximate surface area is 99.5 Å². The van der Waals surface area contributed by atoms with Gasteiger partial charge >= 0.3 is 11.9 Å². The first-order valence-electron chi connectivity index (χ1n) is 5.70. The molecule has 6 heteroatoms. The number of hydrogen-bond donors (Lipinski definition) is 1. The lowest BCUT2D eigenvalue weighted by Gasteiger charge is -2.15. The van der Waals surface area contributed by atoms with Gasteiger partial charge in [0.05, 0.1) is 18.9 Å². The lowest BCUT2D eigenvalue weighted by Crippen LogP contribution is -2.30. The highest BCUT2D eigenvalue weighted by Crippen LogP contribution is 2.17. The van der Waals surface area contributed by atoms with Crippen LogP contribution >= 0.6 is 0 Å². The molecule has 0 aromatic heterocycles. The predicted octanol–water partition coefficient (Wildman–Crippen LogP) is 0.263. The number of carbonyl (C=O) groups excluding carboxylic acids is 2. The Morgan fingerprint density at radius 2 is 2.06 bits per heavy atom. The first kappa shape index (κ1) is 13.5. The second-order valence-corrected chi connectivity index (χ2v) is 3.97. The minimum absolute atomic E-state index is 0.0565. The molecule has 1 unspecified atom stereocenters. The smallest absolute Gasteiger partial charge is 0.308 e. The molecule has 96 valence electrons. The van der Waals surface area contributed by atoms with Crippen molar-refractivity contribution in [2.45, 2.75) is 26.2 Å². The van der Waals surface area contributed by atoms with Gasteiger partial charge in [-0.15, -0.1) is 0 Å². The van der Waals surface area contributed by atoms with Gasteiger partial charge in [-0.25, -0.2) is 0 Å². The summed E-state index contributed by atoms with van der Waals surface area (Å²) in [5.74, 6) is -1.91. The second-order valence-electron chi connectivity index (χ2n) is 3.97. The summed E-state index contributed by atoms with van der Waals surface area (Å²) >= 11 is 0. The number of rotatable bonds is 5. The molecule has 1 rings (SSSR count). The monoisotopic (exact) mass is 243 g/mol. The number of ether oxygens (including phenoxy) is 1. The summed E-state index contributed by atoms with van der Waals surface area (Å²) in [6.07, 6.45) is 0.632. The van der Waals surface area contributed by atoms with Crippen LogP contribution in [0.15, 0.2) is 0 Å². The zero-order valence-corrected chi connectivity index (χ0v) is 9.85. The van der Waals surface area contributed by atoms with Crippen molar-refractivity contribution in [1.82, 2.24) is 4.90 Å². The average Bonchev–Trinajstić information content (AvgIpc) is 2.75. The number of likely N-dealkylation sites (tertiary alicyclic amines) is 1. The largest absolute Gasteiger partial charge is 0.481 e. The Morgan fingerprint density at radius 3 is 2.59 bits per heavy atom. The molecule has 1 fully saturated rings. The Bertz CT molecular complexity index is 315. The van der Waals surface area contributed by atoms with E-state index in [9.17, 15) is 14.4 Å². The third-order valence-corrected chi connectivity index (χ3v) is 2.74. The maximum atomic E-state index is 11.6. The standard InChI is InChI=1S/C11H17NO5/c1-2-17-10(14)4-3-9(13)12-6-5-8(7-12)11(15)16/h8H,2-7H2,1H3,(H,15,16). The fraction of sp³-hybridized carbons (Fsp3) is 0.727. The summed E-state index contributed by atoms with van der Waals surface area (Å²) in [5, 5.41) is 8.79. The number of carboxylic acid groups (broad SMARTS) is 1. The normalized spacial score (nSPS) is 19.1. The molecule has 0 bridgehead atoms. The van der Waals surface area contributed by atoms with Crippen LogP contribution in [0.1, 0.15) is 26.2 Å². The van der Waals surface area contributed by atoms with Gasteiger partial charge in [0.2, 0.25) is 5.91 Å². The summed E-state index contributed by atoms with van der Waals surface area (Å²) in [4.78, 5) is 34.9. The van der Waals surface area contributed by atoms with Gasteiger partial charge in [-0.3, -0.25) is 14.4 Å². The zero-order valence-electron chi connectivity index (χ0n) is 9.85. The van der Waals surface area contributed by atoms with E-state index in [4.69, 9.17) is 9.84 Å². The van der Waals surface area contributed by atoms with E-state index in [0.717, 1.165) is 0 Å². The highest BCUT2D eigenvalue weighted by atomic mass is 16.5. The SMILES string of the molecule is CCOC(=O)CCC(=O)N1CCC(C(=O)O)C1. The molecule has 1 N–H and O–H groups in total. The molecule has 1 aliphatic rings. The minimum Gasteiger partial charge on any atom is -0.481 e. The Hall–Kier alpha value is -1.59. The molecule has 1 atom stereocenters. The van der Waals surface area contributed by atoms with E-state index >= 15 is 0 Å². The van der Waals surface area contributed by atoms with Gasteiger partial charge in [0.25, 0.3) is 0 Å². The van der Waals surface area contributed by atoms with Crippen LogP contribution in [0.5, 0.6) is 0 Å². The molecular formula is C11H17NO5. The first-order chi connectivity index (χ1) is 8.04. The van der Waals surface area contributed by atoms with E-state index in [0.29, 0.717) is 19.6 Å². The third kappa shape index (κ3) is 4.05. The van der Waals surface area contributed by atoms with E-state index in [1.165, 1.54) is 4.90 Å². The van der Waals surface area contributed by atoms with Crippen LogP contribution < -0.4 is 0 Å². The van der Waals surface area contributed by atoms with Crippen molar-refractivity contribution in [1.29, 1.82) is 0 Å². The quantitative estimate of drug-likeness (QED) is 0.700. The van der Waals surface area contributed by atoms with Crippen LogP contribution in [0.25, 0.3) is 0 Å². The summed E-state index contributed by atoms with van der Waals surface area (Å²) in [6.45, 7) is 2.71. The number of esters is 1. The maximum absolute atomic E-state index is 11.6. The van der Waals surface area contributed by atoms with E-state index in [-0.39, 0.29) is 25.3 Å². The van der Waals surface area contributed by atoms with Crippen molar-refractivity contribution in [3.63, 3.8) is 0 Å². The zero-order chi connectivity index (χ0) is 12.8. The van der Waals surface area contributed by atoms with Gasteiger partial charge < -0.3 is 14.7 Å². The second kappa shape index (κ2) is 6.22. The molecule has 1 heterocycles. The van der Waals surface area contributed by atoms with Crippen LogP contribution in [-0.2, 0) is 19.1 Å². The van der Waals surface area contributed by atoms with Crippen molar-refractivity contribution in [2.75, 3.05) is 19.7 Å². The van der Waals surface area contributed by atoms with Crippen molar-refractivity contribution in [3.05, 3.63) is 0 Å². The van der Waals surface area contributed by atoms with E-state index in [1.54, 1.807) is 6.92 Å². The third-order valence-electron chi connectivity index (χ3n) is 2.74. The molecule has 0 saturated carbocycles. The van der Waals surface area contributed by atoms with E-state index < -0.39 is 17.9 Å². The molecule has 0 aromatic carbocycles. The molecule has 17 heavy (non-hydrogen) atoms.